The molecule has 2 rings (SSSR count). The lowest BCUT2D eigenvalue weighted by molar-refractivity contribution is 0.0991. The Morgan fingerprint density at radius 2 is 2.13 bits per heavy atom. The molecule has 9 heteroatoms. The third kappa shape index (κ3) is 1.40. The first kappa shape index (κ1) is 9.15. The number of imidazole rings is 1. The van der Waals surface area contributed by atoms with Crippen LogP contribution in [0, 0.1) is 0 Å². The van der Waals surface area contributed by atoms with Gasteiger partial charge in [-0.05, 0) is 0 Å². The average Bonchev–Trinajstić information content (AvgIpc) is 2.61. The summed E-state index contributed by atoms with van der Waals surface area (Å²) in [4.78, 5) is 34.1. The Balaban J connectivity index is 2.75. The Bertz CT molecular complexity index is 584. The number of rotatable bonds is 2. The minimum absolute atomic E-state index is 0.0101. The first-order valence-electron chi connectivity index (χ1n) is 3.81. The predicted molar refractivity (Wildman–Crippen MR) is 48.4 cm³/mol. The lowest BCUT2D eigenvalue weighted by Crippen LogP contribution is -2.13. The van der Waals surface area contributed by atoms with Crippen molar-refractivity contribution in [3.05, 3.63) is 16.2 Å². The van der Waals surface area contributed by atoms with Gasteiger partial charge in [-0.1, -0.05) is 0 Å². The van der Waals surface area contributed by atoms with Crippen LogP contribution in [0.5, 0.6) is 0 Å². The Labute approximate surface area is 81.3 Å². The molecule has 2 aromatic rings. The minimum Gasteiger partial charge on any atom is -0.363 e. The second kappa shape index (κ2) is 3.06. The van der Waals surface area contributed by atoms with Gasteiger partial charge in [-0.25, -0.2) is 10.5 Å². The van der Waals surface area contributed by atoms with Crippen molar-refractivity contribution < 1.29 is 10.0 Å². The third-order valence-electron chi connectivity index (χ3n) is 1.70. The van der Waals surface area contributed by atoms with Gasteiger partial charge in [-0.15, -0.1) is 0 Å². The van der Waals surface area contributed by atoms with E-state index in [4.69, 9.17) is 10.9 Å². The van der Waals surface area contributed by atoms with E-state index in [0.29, 0.717) is 0 Å². The molecule has 0 unspecified atom stereocenters. The molecule has 0 bridgehead atoms. The summed E-state index contributed by atoms with van der Waals surface area (Å²) in [7, 11) is 0. The number of fused-ring (bicyclic) bond motifs is 1. The molecule has 78 valence electrons. The summed E-state index contributed by atoms with van der Waals surface area (Å²) >= 11 is 0. The largest absolute Gasteiger partial charge is 0.363 e. The maximum absolute atomic E-state index is 11.3. The zero-order valence-corrected chi connectivity index (χ0v) is 7.24. The van der Waals surface area contributed by atoms with Crippen molar-refractivity contribution in [2.45, 2.75) is 0 Å². The molecule has 0 atom stereocenters. The van der Waals surface area contributed by atoms with Crippen molar-refractivity contribution in [3.8, 4) is 0 Å². The number of amides is 1. The smallest absolute Gasteiger partial charge is 0.284 e. The number of carbonyl (C=O) groups is 1. The van der Waals surface area contributed by atoms with Crippen molar-refractivity contribution in [1.82, 2.24) is 19.9 Å². The number of hydrogen-bond donors (Lipinski definition) is 5. The average molecular weight is 210 g/mol. The molecular weight excluding hydrogens is 204 g/mol. The van der Waals surface area contributed by atoms with E-state index in [1.54, 1.807) is 5.48 Å². The van der Waals surface area contributed by atoms with E-state index in [2.05, 4.69) is 19.9 Å². The van der Waals surface area contributed by atoms with Crippen molar-refractivity contribution in [2.75, 3.05) is 5.48 Å². The molecule has 0 saturated carbocycles. The Morgan fingerprint density at radius 3 is 2.73 bits per heavy atom. The van der Waals surface area contributed by atoms with Crippen molar-refractivity contribution in [1.29, 1.82) is 0 Å². The number of anilines is 1. The molecule has 0 aliphatic heterocycles. The van der Waals surface area contributed by atoms with E-state index in [0.717, 1.165) is 0 Å². The number of aromatic amines is 2. The molecule has 0 aliphatic rings. The summed E-state index contributed by atoms with van der Waals surface area (Å²) in [5.74, 6) is -1.14. The second-order valence-electron chi connectivity index (χ2n) is 2.67. The predicted octanol–water partition coefficient (Wildman–Crippen LogP) is -1.45. The second-order valence-corrected chi connectivity index (χ2v) is 2.67. The Hall–Kier alpha value is -2.42. The van der Waals surface area contributed by atoms with E-state index < -0.39 is 11.5 Å². The molecule has 6 N–H and O–H groups in total. The number of hydrogen-bond acceptors (Lipinski definition) is 6. The first-order chi connectivity index (χ1) is 7.11. The minimum atomic E-state index is -0.800. The number of H-pyrrole nitrogens is 2. The number of primary amides is 1. The maximum atomic E-state index is 11.3. The van der Waals surface area contributed by atoms with Gasteiger partial charge >= 0.3 is 0 Å². The third-order valence-corrected chi connectivity index (χ3v) is 1.70. The molecule has 0 saturated heterocycles. The zero-order chi connectivity index (χ0) is 11.0. The summed E-state index contributed by atoms with van der Waals surface area (Å²) in [6.07, 6.45) is 0. The summed E-state index contributed by atoms with van der Waals surface area (Å²) in [5.41, 5.74) is 6.06. The van der Waals surface area contributed by atoms with E-state index >= 15 is 0 Å². The van der Waals surface area contributed by atoms with E-state index in [1.807, 2.05) is 0 Å². The summed E-state index contributed by atoms with van der Waals surface area (Å²) < 4.78 is 0. The van der Waals surface area contributed by atoms with Crippen LogP contribution in [0.4, 0.5) is 5.95 Å². The van der Waals surface area contributed by atoms with Crippen LogP contribution in [0.1, 0.15) is 10.6 Å². The highest BCUT2D eigenvalue weighted by Crippen LogP contribution is 2.05. The number of aromatic nitrogens is 4. The number of nitrogens with two attached hydrogens (primary N) is 1. The van der Waals surface area contributed by atoms with Crippen LogP contribution in [0.25, 0.3) is 11.2 Å². The van der Waals surface area contributed by atoms with Crippen LogP contribution in [0.2, 0.25) is 0 Å². The summed E-state index contributed by atoms with van der Waals surface area (Å²) in [6, 6.07) is 0. The maximum Gasteiger partial charge on any atom is 0.284 e. The van der Waals surface area contributed by atoms with E-state index in [-0.39, 0.29) is 22.9 Å². The Morgan fingerprint density at radius 1 is 1.40 bits per heavy atom. The fourth-order valence-corrected chi connectivity index (χ4v) is 1.08. The lowest BCUT2D eigenvalue weighted by atomic mass is 10.5. The van der Waals surface area contributed by atoms with Crippen LogP contribution in [0.3, 0.4) is 0 Å². The molecule has 0 radical (unpaired) electrons. The van der Waals surface area contributed by atoms with Crippen LogP contribution in [-0.2, 0) is 0 Å². The van der Waals surface area contributed by atoms with Gasteiger partial charge in [-0.2, -0.15) is 4.98 Å². The van der Waals surface area contributed by atoms with Gasteiger partial charge in [0.25, 0.3) is 11.5 Å². The SMILES string of the molecule is NC(=O)c1nc2nc(NO)[nH]c(=O)c2[nH]1. The highest BCUT2D eigenvalue weighted by atomic mass is 16.5. The van der Waals surface area contributed by atoms with Gasteiger partial charge in [0.05, 0.1) is 0 Å². The highest BCUT2D eigenvalue weighted by Gasteiger charge is 2.12. The van der Waals surface area contributed by atoms with Gasteiger partial charge in [-0.3, -0.25) is 19.8 Å². The standard InChI is InChI=1S/C6H6N6O3/c7-2(13)4-8-1-3(9-4)10-6(12-15)11-5(1)14/h15H,(H2,7,13)(H3,8,9,10,11,12,14). The van der Waals surface area contributed by atoms with Gasteiger partial charge in [0.1, 0.15) is 0 Å². The van der Waals surface area contributed by atoms with Gasteiger partial charge < -0.3 is 10.7 Å². The van der Waals surface area contributed by atoms with Gasteiger partial charge in [0.15, 0.2) is 17.0 Å². The quantitative estimate of drug-likeness (QED) is 0.382. The van der Waals surface area contributed by atoms with Crippen LogP contribution in [0.15, 0.2) is 4.79 Å². The Kier molecular flexibility index (Phi) is 1.87. The van der Waals surface area contributed by atoms with Gasteiger partial charge in [0.2, 0.25) is 5.95 Å². The van der Waals surface area contributed by atoms with E-state index in [9.17, 15) is 9.59 Å². The molecule has 15 heavy (non-hydrogen) atoms. The highest BCUT2D eigenvalue weighted by molar-refractivity contribution is 5.92. The van der Waals surface area contributed by atoms with Crippen LogP contribution < -0.4 is 16.8 Å². The molecule has 0 aliphatic carbocycles. The topological polar surface area (TPSA) is 150 Å². The normalized spacial score (nSPS) is 10.5. The first-order valence-corrected chi connectivity index (χ1v) is 3.81. The lowest BCUT2D eigenvalue weighted by Gasteiger charge is -1.94. The molecule has 1 amide bonds. The molecule has 0 aromatic carbocycles. The molecule has 2 heterocycles. The van der Waals surface area contributed by atoms with Crippen LogP contribution in [-0.4, -0.2) is 31.1 Å². The van der Waals surface area contributed by atoms with Gasteiger partial charge in [0, 0.05) is 0 Å². The number of carbonyl (C=O) groups excluding carboxylic acids is 1. The summed E-state index contributed by atoms with van der Waals surface area (Å²) in [6.45, 7) is 0. The van der Waals surface area contributed by atoms with E-state index in [1.165, 1.54) is 0 Å². The van der Waals surface area contributed by atoms with Crippen molar-refractivity contribution in [3.63, 3.8) is 0 Å². The summed E-state index contributed by atoms with van der Waals surface area (Å²) in [5, 5.41) is 8.53. The van der Waals surface area contributed by atoms with Crippen molar-refractivity contribution >= 4 is 23.0 Å². The molecule has 0 spiro atoms. The number of nitrogens with one attached hydrogen (secondary N) is 3. The molecule has 0 fully saturated rings. The monoisotopic (exact) mass is 210 g/mol. The molecule has 2 aromatic heterocycles. The fraction of sp³-hybridized carbons (Fsp3) is 0. The van der Waals surface area contributed by atoms with Crippen molar-refractivity contribution in [2.24, 2.45) is 5.73 Å². The number of nitrogens with zero attached hydrogens (tertiary/aromatic N) is 2. The van der Waals surface area contributed by atoms with Crippen LogP contribution >= 0.6 is 0 Å². The fourth-order valence-electron chi connectivity index (χ4n) is 1.08. The molecular formula is C6H6N6O3. The molecule has 9 nitrogen and oxygen atoms in total. The zero-order valence-electron chi connectivity index (χ0n) is 7.24.